The summed E-state index contributed by atoms with van der Waals surface area (Å²) in [6.45, 7) is 5.26. The number of sulfonamides is 1. The van der Waals surface area contributed by atoms with Crippen molar-refractivity contribution in [3.8, 4) is 0 Å². The molecular weight excluding hydrogens is 388 g/mol. The molecule has 0 bridgehead atoms. The Bertz CT molecular complexity index is 895. The summed E-state index contributed by atoms with van der Waals surface area (Å²) in [7, 11) is -2.02. The SMILES string of the molecule is CCC(C)c1ccc(NC(N)=NCc2ccc(S(=O)(=O)NCCOC)cc2)cc1. The van der Waals surface area contributed by atoms with Gasteiger partial charge in [-0.05, 0) is 47.7 Å². The van der Waals surface area contributed by atoms with Crippen LogP contribution < -0.4 is 15.8 Å². The molecule has 1 atom stereocenters. The topological polar surface area (TPSA) is 106 Å². The van der Waals surface area contributed by atoms with Crippen molar-refractivity contribution in [1.29, 1.82) is 0 Å². The molecule has 0 spiro atoms. The number of nitrogens with one attached hydrogen (secondary N) is 2. The summed E-state index contributed by atoms with van der Waals surface area (Å²) in [5, 5.41) is 3.07. The van der Waals surface area contributed by atoms with Gasteiger partial charge in [-0.2, -0.15) is 0 Å². The van der Waals surface area contributed by atoms with Gasteiger partial charge in [0.2, 0.25) is 10.0 Å². The molecule has 0 fully saturated rings. The zero-order valence-electron chi connectivity index (χ0n) is 17.2. The molecular formula is C21H30N4O3S. The minimum Gasteiger partial charge on any atom is -0.383 e. The van der Waals surface area contributed by atoms with Crippen LogP contribution in [-0.4, -0.2) is 34.6 Å². The summed E-state index contributed by atoms with van der Waals surface area (Å²) in [4.78, 5) is 4.52. The molecule has 0 heterocycles. The predicted molar refractivity (Wildman–Crippen MR) is 118 cm³/mol. The fraction of sp³-hybridized carbons (Fsp3) is 0.381. The fourth-order valence-electron chi connectivity index (χ4n) is 2.63. The molecule has 0 aliphatic rings. The Balaban J connectivity index is 1.93. The molecule has 0 aliphatic carbocycles. The second-order valence-corrected chi connectivity index (χ2v) is 8.56. The summed E-state index contributed by atoms with van der Waals surface area (Å²) in [6, 6.07) is 14.7. The summed E-state index contributed by atoms with van der Waals surface area (Å²) >= 11 is 0. The van der Waals surface area contributed by atoms with E-state index < -0.39 is 10.0 Å². The molecule has 0 aromatic heterocycles. The molecule has 2 rings (SSSR count). The molecule has 2 aromatic carbocycles. The van der Waals surface area contributed by atoms with E-state index in [1.807, 2.05) is 12.1 Å². The summed E-state index contributed by atoms with van der Waals surface area (Å²) < 4.78 is 31.6. The normalized spacial score (nSPS) is 13.3. The summed E-state index contributed by atoms with van der Waals surface area (Å²) in [6.07, 6.45) is 1.10. The average Bonchev–Trinajstić information content (AvgIpc) is 2.72. The van der Waals surface area contributed by atoms with Crippen molar-refractivity contribution in [3.05, 3.63) is 59.7 Å². The second-order valence-electron chi connectivity index (χ2n) is 6.79. The van der Waals surface area contributed by atoms with Gasteiger partial charge >= 0.3 is 0 Å². The van der Waals surface area contributed by atoms with Crippen LogP contribution in [0.5, 0.6) is 0 Å². The summed E-state index contributed by atoms with van der Waals surface area (Å²) in [5.41, 5.74) is 8.99. The van der Waals surface area contributed by atoms with Gasteiger partial charge in [0.05, 0.1) is 18.0 Å². The molecule has 0 saturated heterocycles. The number of aliphatic imine (C=N–C) groups is 1. The van der Waals surface area contributed by atoms with Gasteiger partial charge in [0.1, 0.15) is 0 Å². The third-order valence-electron chi connectivity index (χ3n) is 4.63. The standard InChI is InChI=1S/C21H30N4O3S/c1-4-16(2)18-7-9-19(10-8-18)25-21(22)23-15-17-5-11-20(12-6-17)29(26,27)24-13-14-28-3/h5-12,16,24H,4,13-15H2,1-3H3,(H3,22,23,25). The highest BCUT2D eigenvalue weighted by atomic mass is 32.2. The molecule has 4 N–H and O–H groups in total. The first-order chi connectivity index (χ1) is 13.9. The number of methoxy groups -OCH3 is 1. The Morgan fingerprint density at radius 2 is 1.79 bits per heavy atom. The molecule has 2 aromatic rings. The molecule has 0 amide bonds. The fourth-order valence-corrected chi connectivity index (χ4v) is 3.64. The Morgan fingerprint density at radius 3 is 2.38 bits per heavy atom. The van der Waals surface area contributed by atoms with Crippen molar-refractivity contribution < 1.29 is 13.2 Å². The highest BCUT2D eigenvalue weighted by Crippen LogP contribution is 2.20. The lowest BCUT2D eigenvalue weighted by molar-refractivity contribution is 0.204. The molecule has 0 saturated carbocycles. The first-order valence-corrected chi connectivity index (χ1v) is 11.1. The number of nitrogens with two attached hydrogens (primary N) is 1. The van der Waals surface area contributed by atoms with Crippen LogP contribution in [-0.2, 0) is 21.3 Å². The molecule has 0 aliphatic heterocycles. The van der Waals surface area contributed by atoms with Crippen LogP contribution in [0.2, 0.25) is 0 Å². The minimum atomic E-state index is -3.54. The van der Waals surface area contributed by atoms with Gasteiger partial charge in [0, 0.05) is 19.3 Å². The van der Waals surface area contributed by atoms with E-state index >= 15 is 0 Å². The third-order valence-corrected chi connectivity index (χ3v) is 6.11. The van der Waals surface area contributed by atoms with E-state index in [0.29, 0.717) is 25.0 Å². The van der Waals surface area contributed by atoms with Crippen molar-refractivity contribution in [3.63, 3.8) is 0 Å². The maximum atomic E-state index is 12.1. The molecule has 158 valence electrons. The number of ether oxygens (including phenoxy) is 1. The van der Waals surface area contributed by atoms with Crippen molar-refractivity contribution >= 4 is 21.7 Å². The van der Waals surface area contributed by atoms with E-state index in [1.165, 1.54) is 12.7 Å². The Morgan fingerprint density at radius 1 is 1.14 bits per heavy atom. The first-order valence-electron chi connectivity index (χ1n) is 9.60. The Kier molecular flexibility index (Phi) is 8.63. The number of hydrogen-bond acceptors (Lipinski definition) is 4. The number of hydrogen-bond donors (Lipinski definition) is 3. The molecule has 7 nitrogen and oxygen atoms in total. The monoisotopic (exact) mass is 418 g/mol. The van der Waals surface area contributed by atoms with E-state index in [9.17, 15) is 8.42 Å². The smallest absolute Gasteiger partial charge is 0.240 e. The van der Waals surface area contributed by atoms with Crippen LogP contribution in [0.1, 0.15) is 37.3 Å². The van der Waals surface area contributed by atoms with Gasteiger partial charge in [-0.1, -0.05) is 38.1 Å². The lowest BCUT2D eigenvalue weighted by atomic mass is 9.99. The van der Waals surface area contributed by atoms with Crippen molar-refractivity contribution in [1.82, 2.24) is 4.72 Å². The van der Waals surface area contributed by atoms with Crippen LogP contribution in [0.3, 0.4) is 0 Å². The number of guanidine groups is 1. The quantitative estimate of drug-likeness (QED) is 0.312. The van der Waals surface area contributed by atoms with E-state index in [0.717, 1.165) is 17.7 Å². The lowest BCUT2D eigenvalue weighted by Crippen LogP contribution is -2.27. The number of rotatable bonds is 10. The van der Waals surface area contributed by atoms with E-state index in [-0.39, 0.29) is 11.4 Å². The summed E-state index contributed by atoms with van der Waals surface area (Å²) in [5.74, 6) is 0.830. The van der Waals surface area contributed by atoms with Crippen LogP contribution in [0.15, 0.2) is 58.4 Å². The average molecular weight is 419 g/mol. The number of benzene rings is 2. The van der Waals surface area contributed by atoms with Gasteiger partial charge in [0.15, 0.2) is 5.96 Å². The molecule has 1 unspecified atom stereocenters. The van der Waals surface area contributed by atoms with Gasteiger partial charge in [0.25, 0.3) is 0 Å². The maximum absolute atomic E-state index is 12.1. The number of nitrogens with zero attached hydrogens (tertiary/aromatic N) is 1. The van der Waals surface area contributed by atoms with Crippen LogP contribution in [0, 0.1) is 0 Å². The van der Waals surface area contributed by atoms with Gasteiger partial charge in [-0.15, -0.1) is 0 Å². The Labute approximate surface area is 173 Å². The highest BCUT2D eigenvalue weighted by Gasteiger charge is 2.12. The molecule has 8 heteroatoms. The van der Waals surface area contributed by atoms with Crippen molar-refractivity contribution in [2.75, 3.05) is 25.6 Å². The predicted octanol–water partition coefficient (Wildman–Crippen LogP) is 3.05. The zero-order valence-corrected chi connectivity index (χ0v) is 18.0. The van der Waals surface area contributed by atoms with Crippen LogP contribution in [0.25, 0.3) is 0 Å². The minimum absolute atomic E-state index is 0.203. The van der Waals surface area contributed by atoms with Gasteiger partial charge in [-0.25, -0.2) is 18.1 Å². The second kappa shape index (κ2) is 10.9. The largest absolute Gasteiger partial charge is 0.383 e. The van der Waals surface area contributed by atoms with E-state index in [4.69, 9.17) is 10.5 Å². The van der Waals surface area contributed by atoms with E-state index in [2.05, 4.69) is 41.0 Å². The zero-order chi connectivity index (χ0) is 21.3. The van der Waals surface area contributed by atoms with Crippen LogP contribution in [0.4, 0.5) is 5.69 Å². The van der Waals surface area contributed by atoms with Crippen LogP contribution >= 0.6 is 0 Å². The van der Waals surface area contributed by atoms with Gasteiger partial charge < -0.3 is 15.8 Å². The maximum Gasteiger partial charge on any atom is 0.240 e. The lowest BCUT2D eigenvalue weighted by Gasteiger charge is -2.11. The van der Waals surface area contributed by atoms with Crippen molar-refractivity contribution in [2.45, 2.75) is 37.6 Å². The van der Waals surface area contributed by atoms with Crippen molar-refractivity contribution in [2.24, 2.45) is 10.7 Å². The third kappa shape index (κ3) is 7.16. The molecule has 0 radical (unpaired) electrons. The first kappa shape index (κ1) is 22.9. The van der Waals surface area contributed by atoms with E-state index in [1.54, 1.807) is 24.3 Å². The Hall–Kier alpha value is -2.42. The van der Waals surface area contributed by atoms with Gasteiger partial charge in [-0.3, -0.25) is 0 Å². The molecule has 29 heavy (non-hydrogen) atoms. The number of anilines is 1. The highest BCUT2D eigenvalue weighted by molar-refractivity contribution is 7.89.